The summed E-state index contributed by atoms with van der Waals surface area (Å²) >= 11 is 11.5. The molecule has 0 saturated heterocycles. The molecule has 3 aromatic rings. The van der Waals surface area contributed by atoms with Crippen molar-refractivity contribution in [3.05, 3.63) is 75.8 Å². The van der Waals surface area contributed by atoms with E-state index in [1.54, 1.807) is 0 Å². The molecule has 14 heteroatoms. The van der Waals surface area contributed by atoms with Crippen LogP contribution in [0.4, 0.5) is 28.9 Å². The van der Waals surface area contributed by atoms with Crippen molar-refractivity contribution in [2.75, 3.05) is 22.8 Å². The topological polar surface area (TPSA) is 88.6 Å². The minimum Gasteiger partial charge on any atom is -0.486 e. The lowest BCUT2D eigenvalue weighted by Crippen LogP contribution is -2.39. The van der Waals surface area contributed by atoms with Crippen LogP contribution in [0, 0.1) is 5.82 Å². The van der Waals surface area contributed by atoms with E-state index >= 15 is 0 Å². The number of carbonyl (C=O) groups excluding carboxylic acids is 1. The zero-order valence-electron chi connectivity index (χ0n) is 17.2. The number of benzene rings is 2. The molecule has 0 radical (unpaired) electrons. The van der Waals surface area contributed by atoms with E-state index in [0.717, 1.165) is 29.3 Å². The van der Waals surface area contributed by atoms with E-state index in [4.69, 9.17) is 27.9 Å². The lowest BCUT2D eigenvalue weighted by atomic mass is 10.2. The third-order valence-electron chi connectivity index (χ3n) is 4.88. The summed E-state index contributed by atoms with van der Waals surface area (Å²) in [7, 11) is -4.90. The standard InChI is InChI=1S/C21H13Cl2F4N3O4S/c22-11-4-5-17(13(8-11)21(25,26)27)35(32,33)29-15-9-12(23)10-28-18(15)20(31)30-6-7-34-19-14(24)2-1-3-16(19)30/h1-5,8-10,29H,6-7H2. The van der Waals surface area contributed by atoms with E-state index in [2.05, 4.69) is 4.98 Å². The highest BCUT2D eigenvalue weighted by molar-refractivity contribution is 7.92. The first-order valence-corrected chi connectivity index (χ1v) is 11.9. The minimum absolute atomic E-state index is 0.0266. The molecule has 2 heterocycles. The Morgan fingerprint density at radius 2 is 1.86 bits per heavy atom. The number of hydrogen-bond acceptors (Lipinski definition) is 5. The van der Waals surface area contributed by atoms with Crippen LogP contribution in [0.5, 0.6) is 5.75 Å². The van der Waals surface area contributed by atoms with Gasteiger partial charge in [-0.15, -0.1) is 0 Å². The molecule has 1 aliphatic heterocycles. The van der Waals surface area contributed by atoms with Crippen LogP contribution in [0.3, 0.4) is 0 Å². The number of ether oxygens (including phenoxy) is 1. The van der Waals surface area contributed by atoms with E-state index < -0.39 is 49.8 Å². The molecule has 35 heavy (non-hydrogen) atoms. The fourth-order valence-corrected chi connectivity index (χ4v) is 4.99. The molecule has 4 rings (SSSR count). The van der Waals surface area contributed by atoms with Crippen LogP contribution >= 0.6 is 23.2 Å². The fraction of sp³-hybridized carbons (Fsp3) is 0.143. The number of nitrogens with one attached hydrogen (secondary N) is 1. The van der Waals surface area contributed by atoms with Crippen LogP contribution in [-0.4, -0.2) is 32.5 Å². The normalized spacial score (nSPS) is 13.7. The summed E-state index contributed by atoms with van der Waals surface area (Å²) in [6.07, 6.45) is -3.98. The lowest BCUT2D eigenvalue weighted by Gasteiger charge is -2.29. The number of aromatic nitrogens is 1. The Kier molecular flexibility index (Phi) is 6.56. The van der Waals surface area contributed by atoms with Crippen molar-refractivity contribution in [3.63, 3.8) is 0 Å². The van der Waals surface area contributed by atoms with Crippen molar-refractivity contribution in [1.82, 2.24) is 4.98 Å². The summed E-state index contributed by atoms with van der Waals surface area (Å²) in [6.45, 7) is -0.0881. The average molecular weight is 550 g/mol. The van der Waals surface area contributed by atoms with Gasteiger partial charge in [0.05, 0.1) is 33.4 Å². The van der Waals surface area contributed by atoms with Gasteiger partial charge in [0, 0.05) is 11.2 Å². The first kappa shape index (κ1) is 25.0. The van der Waals surface area contributed by atoms with Gasteiger partial charge in [-0.05, 0) is 36.4 Å². The van der Waals surface area contributed by atoms with Gasteiger partial charge in [-0.2, -0.15) is 13.2 Å². The first-order valence-electron chi connectivity index (χ1n) is 9.67. The second kappa shape index (κ2) is 9.17. The van der Waals surface area contributed by atoms with Gasteiger partial charge in [-0.1, -0.05) is 29.3 Å². The highest BCUT2D eigenvalue weighted by atomic mass is 35.5. The van der Waals surface area contributed by atoms with E-state index in [9.17, 15) is 30.8 Å². The lowest BCUT2D eigenvalue weighted by molar-refractivity contribution is -0.139. The van der Waals surface area contributed by atoms with Crippen LogP contribution < -0.4 is 14.4 Å². The summed E-state index contributed by atoms with van der Waals surface area (Å²) < 4.78 is 87.8. The number of sulfonamides is 1. The SMILES string of the molecule is O=C(c1ncc(Cl)cc1NS(=O)(=O)c1ccc(Cl)cc1C(F)(F)F)N1CCOc2c(F)cccc21. The number of carbonyl (C=O) groups is 1. The number of pyridine rings is 1. The molecule has 184 valence electrons. The van der Waals surface area contributed by atoms with Gasteiger partial charge in [0.2, 0.25) is 0 Å². The Balaban J connectivity index is 1.77. The zero-order valence-corrected chi connectivity index (χ0v) is 19.6. The molecule has 0 aliphatic carbocycles. The summed E-state index contributed by atoms with van der Waals surface area (Å²) in [5, 5.41) is -0.422. The molecular weight excluding hydrogens is 537 g/mol. The summed E-state index contributed by atoms with van der Waals surface area (Å²) in [6, 6.07) is 7.06. The zero-order chi connectivity index (χ0) is 25.5. The van der Waals surface area contributed by atoms with Crippen molar-refractivity contribution in [2.45, 2.75) is 11.1 Å². The van der Waals surface area contributed by atoms with E-state index in [1.807, 2.05) is 4.72 Å². The third kappa shape index (κ3) is 5.00. The van der Waals surface area contributed by atoms with Crippen LogP contribution in [0.15, 0.2) is 53.6 Å². The predicted molar refractivity (Wildman–Crippen MR) is 120 cm³/mol. The number of alkyl halides is 3. The maximum absolute atomic E-state index is 14.1. The molecule has 7 nitrogen and oxygen atoms in total. The number of rotatable bonds is 4. The third-order valence-corrected chi connectivity index (χ3v) is 6.75. The molecule has 0 bridgehead atoms. The smallest absolute Gasteiger partial charge is 0.417 e. The van der Waals surface area contributed by atoms with E-state index in [-0.39, 0.29) is 34.6 Å². The Bertz CT molecular complexity index is 1430. The fourth-order valence-electron chi connectivity index (χ4n) is 3.40. The molecule has 1 N–H and O–H groups in total. The maximum Gasteiger partial charge on any atom is 0.417 e. The summed E-state index contributed by atoms with van der Waals surface area (Å²) in [5.41, 5.74) is -2.38. The summed E-state index contributed by atoms with van der Waals surface area (Å²) in [5.74, 6) is -1.76. The molecule has 0 fully saturated rings. The Hall–Kier alpha value is -3.09. The second-order valence-corrected chi connectivity index (χ2v) is 9.71. The van der Waals surface area contributed by atoms with Gasteiger partial charge in [0.25, 0.3) is 15.9 Å². The molecule has 1 amide bonds. The molecular formula is C21H13Cl2F4N3O4S. The van der Waals surface area contributed by atoms with Gasteiger partial charge in [-0.3, -0.25) is 14.4 Å². The number of halogens is 6. The largest absolute Gasteiger partial charge is 0.486 e. The number of hydrogen-bond donors (Lipinski definition) is 1. The minimum atomic E-state index is -5.04. The molecule has 0 spiro atoms. The van der Waals surface area contributed by atoms with Crippen LogP contribution in [-0.2, 0) is 16.2 Å². The molecule has 2 aromatic carbocycles. The van der Waals surface area contributed by atoms with Gasteiger partial charge in [0.15, 0.2) is 17.3 Å². The average Bonchev–Trinajstić information content (AvgIpc) is 2.78. The second-order valence-electron chi connectivity index (χ2n) is 7.19. The maximum atomic E-state index is 14.1. The number of nitrogens with zero attached hydrogens (tertiary/aromatic N) is 2. The monoisotopic (exact) mass is 549 g/mol. The molecule has 1 aromatic heterocycles. The Morgan fingerprint density at radius 3 is 2.57 bits per heavy atom. The number of para-hydroxylation sites is 1. The molecule has 0 saturated carbocycles. The van der Waals surface area contributed by atoms with Crippen molar-refractivity contribution in [2.24, 2.45) is 0 Å². The van der Waals surface area contributed by atoms with Crippen LogP contribution in [0.2, 0.25) is 10.0 Å². The van der Waals surface area contributed by atoms with Gasteiger partial charge in [-0.25, -0.2) is 17.8 Å². The molecule has 1 aliphatic rings. The van der Waals surface area contributed by atoms with Crippen LogP contribution in [0.25, 0.3) is 0 Å². The first-order chi connectivity index (χ1) is 16.4. The number of fused-ring (bicyclic) bond motifs is 1. The van der Waals surface area contributed by atoms with Crippen molar-refractivity contribution < 1.29 is 35.5 Å². The van der Waals surface area contributed by atoms with Crippen molar-refractivity contribution in [3.8, 4) is 5.75 Å². The quantitative estimate of drug-likeness (QED) is 0.441. The van der Waals surface area contributed by atoms with Gasteiger partial charge < -0.3 is 4.74 Å². The van der Waals surface area contributed by atoms with Gasteiger partial charge in [0.1, 0.15) is 6.61 Å². The predicted octanol–water partition coefficient (Wildman–Crippen LogP) is 5.39. The van der Waals surface area contributed by atoms with Gasteiger partial charge >= 0.3 is 6.18 Å². The Labute approximate surface area is 206 Å². The summed E-state index contributed by atoms with van der Waals surface area (Å²) in [4.78, 5) is 17.2. The van der Waals surface area contributed by atoms with Crippen LogP contribution in [0.1, 0.15) is 16.1 Å². The molecule has 0 unspecified atom stereocenters. The molecule has 0 atom stereocenters. The highest BCUT2D eigenvalue weighted by Gasteiger charge is 2.38. The van der Waals surface area contributed by atoms with E-state index in [1.165, 1.54) is 12.1 Å². The van der Waals surface area contributed by atoms with Crippen molar-refractivity contribution >= 4 is 50.5 Å². The van der Waals surface area contributed by atoms with Crippen molar-refractivity contribution in [1.29, 1.82) is 0 Å². The highest BCUT2D eigenvalue weighted by Crippen LogP contribution is 2.38. The number of anilines is 2. The number of amides is 1. The Morgan fingerprint density at radius 1 is 1.11 bits per heavy atom. The van der Waals surface area contributed by atoms with E-state index in [0.29, 0.717) is 12.1 Å².